The summed E-state index contributed by atoms with van der Waals surface area (Å²) in [6.07, 6.45) is 0. The van der Waals surface area contributed by atoms with Crippen molar-refractivity contribution in [2.45, 2.75) is 6.61 Å². The van der Waals surface area contributed by atoms with Crippen molar-refractivity contribution < 1.29 is 14.6 Å². The van der Waals surface area contributed by atoms with Crippen LogP contribution < -0.4 is 10.1 Å². The van der Waals surface area contributed by atoms with Gasteiger partial charge in [0.2, 0.25) is 0 Å². The Labute approximate surface area is 154 Å². The van der Waals surface area contributed by atoms with E-state index >= 15 is 0 Å². The van der Waals surface area contributed by atoms with Crippen molar-refractivity contribution in [3.05, 3.63) is 98.6 Å². The number of hydrogen-bond acceptors (Lipinski definition) is 6. The summed E-state index contributed by atoms with van der Waals surface area (Å²) < 4.78 is 5.69. The minimum atomic E-state index is -0.671. The number of nitro benzene ring substituents is 2. The number of hydrogen-bond donors (Lipinski definition) is 1. The smallest absolute Gasteiger partial charge is 0.299 e. The Kier molecular flexibility index (Phi) is 5.27. The SMILES string of the molecule is O=[N+]([O-])c1ccc(Nc2ccc(OCc3ccccc3)cc2)c([N+](=O)[O-])c1. The first-order chi connectivity index (χ1) is 13.0. The van der Waals surface area contributed by atoms with Crippen molar-refractivity contribution in [1.82, 2.24) is 0 Å². The van der Waals surface area contributed by atoms with Gasteiger partial charge in [-0.15, -0.1) is 0 Å². The van der Waals surface area contributed by atoms with Crippen LogP contribution in [0.15, 0.2) is 72.8 Å². The van der Waals surface area contributed by atoms with E-state index in [1.54, 1.807) is 24.3 Å². The van der Waals surface area contributed by atoms with Crippen LogP contribution in [0.25, 0.3) is 0 Å². The fraction of sp³-hybridized carbons (Fsp3) is 0.0526. The summed E-state index contributed by atoms with van der Waals surface area (Å²) in [5.41, 5.74) is 1.11. The Morgan fingerprint density at radius 3 is 2.19 bits per heavy atom. The van der Waals surface area contributed by atoms with Crippen LogP contribution in [0.2, 0.25) is 0 Å². The second-order valence-corrected chi connectivity index (χ2v) is 5.64. The van der Waals surface area contributed by atoms with Crippen molar-refractivity contribution >= 4 is 22.7 Å². The summed E-state index contributed by atoms with van der Waals surface area (Å²) in [6, 6.07) is 20.1. The molecule has 0 heterocycles. The standard InChI is InChI=1S/C19H15N3O5/c23-21(24)16-8-11-18(19(12-16)22(25)26)20-15-6-9-17(10-7-15)27-13-14-4-2-1-3-5-14/h1-12,20H,13H2. The Morgan fingerprint density at radius 1 is 0.852 bits per heavy atom. The fourth-order valence-electron chi connectivity index (χ4n) is 2.42. The topological polar surface area (TPSA) is 108 Å². The van der Waals surface area contributed by atoms with Gasteiger partial charge in [0.05, 0.1) is 15.9 Å². The molecule has 0 atom stereocenters. The summed E-state index contributed by atoms with van der Waals surface area (Å²) in [5.74, 6) is 0.655. The maximum Gasteiger partial charge on any atom is 0.299 e. The van der Waals surface area contributed by atoms with Crippen LogP contribution in [0.1, 0.15) is 5.56 Å². The van der Waals surface area contributed by atoms with Crippen molar-refractivity contribution in [1.29, 1.82) is 0 Å². The maximum atomic E-state index is 11.2. The van der Waals surface area contributed by atoms with Crippen LogP contribution in [0.3, 0.4) is 0 Å². The van der Waals surface area contributed by atoms with Gasteiger partial charge in [0.1, 0.15) is 18.0 Å². The molecule has 0 aliphatic carbocycles. The Hall–Kier alpha value is -3.94. The molecule has 1 N–H and O–H groups in total. The van der Waals surface area contributed by atoms with E-state index in [0.717, 1.165) is 11.6 Å². The molecule has 3 aromatic carbocycles. The second kappa shape index (κ2) is 7.96. The molecule has 0 saturated heterocycles. The zero-order valence-electron chi connectivity index (χ0n) is 14.1. The van der Waals surface area contributed by atoms with Gasteiger partial charge in [-0.05, 0) is 35.9 Å². The number of nitrogens with one attached hydrogen (secondary N) is 1. The quantitative estimate of drug-likeness (QED) is 0.475. The van der Waals surface area contributed by atoms with Crippen LogP contribution in [0.5, 0.6) is 5.75 Å². The van der Waals surface area contributed by atoms with Gasteiger partial charge in [-0.1, -0.05) is 30.3 Å². The largest absolute Gasteiger partial charge is 0.489 e. The van der Waals surface area contributed by atoms with Crippen molar-refractivity contribution in [2.24, 2.45) is 0 Å². The summed E-state index contributed by atoms with van der Waals surface area (Å²) in [7, 11) is 0. The van der Waals surface area contributed by atoms with Gasteiger partial charge in [-0.2, -0.15) is 0 Å². The van der Waals surface area contributed by atoms with Gasteiger partial charge in [0.25, 0.3) is 11.4 Å². The molecule has 0 spiro atoms. The van der Waals surface area contributed by atoms with E-state index in [2.05, 4.69) is 5.32 Å². The lowest BCUT2D eigenvalue weighted by Gasteiger charge is -2.09. The van der Waals surface area contributed by atoms with Crippen LogP contribution in [-0.4, -0.2) is 9.85 Å². The molecule has 0 aliphatic rings. The van der Waals surface area contributed by atoms with E-state index in [4.69, 9.17) is 4.74 Å². The first-order valence-electron chi connectivity index (χ1n) is 7.99. The van der Waals surface area contributed by atoms with Gasteiger partial charge in [-0.3, -0.25) is 20.2 Å². The summed E-state index contributed by atoms with van der Waals surface area (Å²) >= 11 is 0. The minimum absolute atomic E-state index is 0.170. The van der Waals surface area contributed by atoms with E-state index in [0.29, 0.717) is 18.0 Å². The molecule has 8 heteroatoms. The van der Waals surface area contributed by atoms with Crippen molar-refractivity contribution in [2.75, 3.05) is 5.32 Å². The summed E-state index contributed by atoms with van der Waals surface area (Å²) in [6.45, 7) is 0.432. The molecular formula is C19H15N3O5. The highest BCUT2D eigenvalue weighted by Crippen LogP contribution is 2.31. The lowest BCUT2D eigenvalue weighted by atomic mass is 10.2. The number of nitro groups is 2. The number of ether oxygens (including phenoxy) is 1. The van der Waals surface area contributed by atoms with Crippen LogP contribution in [0.4, 0.5) is 22.7 Å². The average Bonchev–Trinajstić information content (AvgIpc) is 2.68. The van der Waals surface area contributed by atoms with E-state index in [-0.39, 0.29) is 17.1 Å². The van der Waals surface area contributed by atoms with E-state index in [1.165, 1.54) is 12.1 Å². The lowest BCUT2D eigenvalue weighted by Crippen LogP contribution is -1.99. The molecule has 0 amide bonds. The molecule has 0 aromatic heterocycles. The number of benzene rings is 3. The Bertz CT molecular complexity index is 959. The third-order valence-electron chi connectivity index (χ3n) is 3.77. The first kappa shape index (κ1) is 17.9. The van der Waals surface area contributed by atoms with Gasteiger partial charge in [-0.25, -0.2) is 0 Å². The molecule has 136 valence electrons. The van der Waals surface area contributed by atoms with Crippen molar-refractivity contribution in [3.63, 3.8) is 0 Å². The van der Waals surface area contributed by atoms with Gasteiger partial charge in [0, 0.05) is 11.8 Å². The summed E-state index contributed by atoms with van der Waals surface area (Å²) in [4.78, 5) is 20.6. The predicted molar refractivity (Wildman–Crippen MR) is 100 cm³/mol. The zero-order valence-corrected chi connectivity index (χ0v) is 14.1. The fourth-order valence-corrected chi connectivity index (χ4v) is 2.42. The minimum Gasteiger partial charge on any atom is -0.489 e. The highest BCUT2D eigenvalue weighted by atomic mass is 16.6. The maximum absolute atomic E-state index is 11.2. The van der Waals surface area contributed by atoms with Gasteiger partial charge in [0.15, 0.2) is 0 Å². The van der Waals surface area contributed by atoms with Gasteiger partial charge >= 0.3 is 0 Å². The third kappa shape index (κ3) is 4.57. The van der Waals surface area contributed by atoms with E-state index < -0.39 is 9.85 Å². The molecule has 0 unspecified atom stereocenters. The predicted octanol–water partition coefficient (Wildman–Crippen LogP) is 4.83. The van der Waals surface area contributed by atoms with E-state index in [9.17, 15) is 20.2 Å². The van der Waals surface area contributed by atoms with E-state index in [1.807, 2.05) is 30.3 Å². The molecule has 0 fully saturated rings. The van der Waals surface area contributed by atoms with Crippen LogP contribution in [-0.2, 0) is 6.61 Å². The van der Waals surface area contributed by atoms with Gasteiger partial charge < -0.3 is 10.1 Å². The Morgan fingerprint density at radius 2 is 1.56 bits per heavy atom. The average molecular weight is 365 g/mol. The Balaban J connectivity index is 1.71. The molecule has 3 aromatic rings. The monoisotopic (exact) mass is 365 g/mol. The molecule has 0 aliphatic heterocycles. The molecule has 3 rings (SSSR count). The molecule has 0 bridgehead atoms. The lowest BCUT2D eigenvalue weighted by molar-refractivity contribution is -0.393. The number of non-ortho nitro benzene ring substituents is 1. The molecule has 0 radical (unpaired) electrons. The summed E-state index contributed by atoms with van der Waals surface area (Å²) in [5, 5.41) is 24.9. The normalized spacial score (nSPS) is 10.2. The number of rotatable bonds is 7. The first-order valence-corrected chi connectivity index (χ1v) is 7.99. The highest BCUT2D eigenvalue weighted by Gasteiger charge is 2.19. The van der Waals surface area contributed by atoms with Crippen LogP contribution >= 0.6 is 0 Å². The van der Waals surface area contributed by atoms with Crippen molar-refractivity contribution in [3.8, 4) is 5.75 Å². The highest BCUT2D eigenvalue weighted by molar-refractivity contribution is 5.71. The third-order valence-corrected chi connectivity index (χ3v) is 3.77. The number of nitrogens with zero attached hydrogens (tertiary/aromatic N) is 2. The molecular weight excluding hydrogens is 350 g/mol. The molecule has 27 heavy (non-hydrogen) atoms. The zero-order chi connectivity index (χ0) is 19.2. The second-order valence-electron chi connectivity index (χ2n) is 5.64. The number of anilines is 2. The molecule has 8 nitrogen and oxygen atoms in total. The van der Waals surface area contributed by atoms with Crippen LogP contribution in [0, 0.1) is 20.2 Å². The molecule has 0 saturated carbocycles.